The number of hydrogen-bond donors (Lipinski definition) is 1. The highest BCUT2D eigenvalue weighted by Gasteiger charge is 2.16. The van der Waals surface area contributed by atoms with Crippen LogP contribution in [0.1, 0.15) is 41.0 Å². The van der Waals surface area contributed by atoms with Crippen LogP contribution in [0, 0.1) is 6.92 Å². The molecule has 0 spiro atoms. The van der Waals surface area contributed by atoms with Crippen LogP contribution in [0.25, 0.3) is 11.5 Å². The molecule has 124 valence electrons. The average molecular weight is 325 g/mol. The quantitative estimate of drug-likeness (QED) is 0.699. The normalized spacial score (nSPS) is 10.8. The van der Waals surface area contributed by atoms with Gasteiger partial charge in [-0.2, -0.15) is 5.10 Å². The van der Waals surface area contributed by atoms with E-state index in [1.807, 2.05) is 30.3 Å². The van der Waals surface area contributed by atoms with Crippen molar-refractivity contribution in [1.29, 1.82) is 0 Å². The van der Waals surface area contributed by atoms with Crippen molar-refractivity contribution in [2.45, 2.75) is 33.3 Å². The van der Waals surface area contributed by atoms with Gasteiger partial charge in [0.1, 0.15) is 18.1 Å². The Bertz CT molecular complexity index is 821. The number of oxazole rings is 1. The Labute approximate surface area is 139 Å². The van der Waals surface area contributed by atoms with Crippen molar-refractivity contribution in [3.8, 4) is 11.5 Å². The van der Waals surface area contributed by atoms with Crippen LogP contribution in [0.3, 0.4) is 0 Å². The second-order valence-electron chi connectivity index (χ2n) is 5.49. The summed E-state index contributed by atoms with van der Waals surface area (Å²) in [5, 5.41) is 6.82. The van der Waals surface area contributed by atoms with Gasteiger partial charge in [0.25, 0.3) is 0 Å². The molecule has 0 unspecified atom stereocenters. The molecule has 2 heterocycles. The second-order valence-corrected chi connectivity index (χ2v) is 5.49. The van der Waals surface area contributed by atoms with E-state index in [0.717, 1.165) is 24.1 Å². The third-order valence-corrected chi connectivity index (χ3v) is 3.61. The van der Waals surface area contributed by atoms with Crippen LogP contribution in [0.5, 0.6) is 0 Å². The molecule has 0 fully saturated rings. The monoisotopic (exact) mass is 325 g/mol. The van der Waals surface area contributed by atoms with Gasteiger partial charge in [-0.15, -0.1) is 0 Å². The Kier molecular flexibility index (Phi) is 4.74. The van der Waals surface area contributed by atoms with Crippen molar-refractivity contribution in [1.82, 2.24) is 15.2 Å². The standard InChI is InChI=1S/C18H19N3O3/c1-3-7-14-10-15(21-20-14)18(22)23-11-16-12(2)24-17(19-16)13-8-5-4-6-9-13/h4-6,8-10H,3,7,11H2,1-2H3,(H,20,21). The number of hydrogen-bond acceptors (Lipinski definition) is 5. The Balaban J connectivity index is 1.66. The van der Waals surface area contributed by atoms with E-state index in [0.29, 0.717) is 17.3 Å². The molecule has 1 aromatic carbocycles. The lowest BCUT2D eigenvalue weighted by molar-refractivity contribution is 0.0460. The zero-order chi connectivity index (χ0) is 16.9. The summed E-state index contributed by atoms with van der Waals surface area (Å²) in [7, 11) is 0. The molecular formula is C18H19N3O3. The van der Waals surface area contributed by atoms with Gasteiger partial charge in [-0.1, -0.05) is 31.5 Å². The Morgan fingerprint density at radius 1 is 1.29 bits per heavy atom. The molecule has 0 aliphatic carbocycles. The fourth-order valence-corrected chi connectivity index (χ4v) is 2.34. The average Bonchev–Trinajstić information content (AvgIpc) is 3.21. The molecule has 0 aliphatic heterocycles. The predicted octanol–water partition coefficient (Wildman–Crippen LogP) is 3.68. The smallest absolute Gasteiger partial charge is 0.359 e. The van der Waals surface area contributed by atoms with Crippen molar-refractivity contribution in [2.24, 2.45) is 0 Å². The molecule has 0 saturated carbocycles. The number of ether oxygens (including phenoxy) is 1. The van der Waals surface area contributed by atoms with E-state index in [1.54, 1.807) is 13.0 Å². The number of carbonyl (C=O) groups is 1. The van der Waals surface area contributed by atoms with Crippen LogP contribution in [0.2, 0.25) is 0 Å². The number of nitrogens with one attached hydrogen (secondary N) is 1. The summed E-state index contributed by atoms with van der Waals surface area (Å²) < 4.78 is 10.9. The third kappa shape index (κ3) is 3.53. The largest absolute Gasteiger partial charge is 0.454 e. The van der Waals surface area contributed by atoms with Crippen LogP contribution in [0.4, 0.5) is 0 Å². The molecule has 24 heavy (non-hydrogen) atoms. The number of nitrogens with zero attached hydrogens (tertiary/aromatic N) is 2. The second kappa shape index (κ2) is 7.12. The number of carbonyl (C=O) groups excluding carboxylic acids is 1. The SMILES string of the molecule is CCCc1cc(C(=O)OCc2nc(-c3ccccc3)oc2C)n[nH]1. The van der Waals surface area contributed by atoms with Crippen molar-refractivity contribution in [3.63, 3.8) is 0 Å². The Morgan fingerprint density at radius 2 is 2.08 bits per heavy atom. The number of benzene rings is 1. The highest BCUT2D eigenvalue weighted by molar-refractivity contribution is 5.87. The highest BCUT2D eigenvalue weighted by Crippen LogP contribution is 2.22. The van der Waals surface area contributed by atoms with E-state index in [-0.39, 0.29) is 12.3 Å². The summed E-state index contributed by atoms with van der Waals surface area (Å²) in [5.74, 6) is 0.678. The molecule has 3 aromatic rings. The predicted molar refractivity (Wildman–Crippen MR) is 88.4 cm³/mol. The van der Waals surface area contributed by atoms with E-state index in [4.69, 9.17) is 9.15 Å². The lowest BCUT2D eigenvalue weighted by Crippen LogP contribution is -2.06. The highest BCUT2D eigenvalue weighted by atomic mass is 16.5. The molecule has 0 aliphatic rings. The molecule has 0 saturated heterocycles. The van der Waals surface area contributed by atoms with E-state index < -0.39 is 5.97 Å². The van der Waals surface area contributed by atoms with Crippen LogP contribution in [0.15, 0.2) is 40.8 Å². The van der Waals surface area contributed by atoms with Gasteiger partial charge in [-0.25, -0.2) is 9.78 Å². The number of esters is 1. The van der Waals surface area contributed by atoms with Gasteiger partial charge in [-0.3, -0.25) is 5.10 Å². The molecule has 6 heteroatoms. The fraction of sp³-hybridized carbons (Fsp3) is 0.278. The van der Waals surface area contributed by atoms with Crippen molar-refractivity contribution in [2.75, 3.05) is 0 Å². The van der Waals surface area contributed by atoms with Crippen LogP contribution < -0.4 is 0 Å². The van der Waals surface area contributed by atoms with Crippen molar-refractivity contribution < 1.29 is 13.9 Å². The number of aromatic amines is 1. The van der Waals surface area contributed by atoms with E-state index in [2.05, 4.69) is 22.1 Å². The van der Waals surface area contributed by atoms with E-state index in [9.17, 15) is 4.79 Å². The van der Waals surface area contributed by atoms with E-state index >= 15 is 0 Å². The summed E-state index contributed by atoms with van der Waals surface area (Å²) in [6, 6.07) is 11.3. The molecule has 6 nitrogen and oxygen atoms in total. The van der Waals surface area contributed by atoms with Gasteiger partial charge in [0.05, 0.1) is 0 Å². The maximum absolute atomic E-state index is 12.1. The summed E-state index contributed by atoms with van der Waals surface area (Å²) >= 11 is 0. The maximum Gasteiger partial charge on any atom is 0.359 e. The molecular weight excluding hydrogens is 306 g/mol. The molecule has 3 rings (SSSR count). The molecule has 0 atom stereocenters. The summed E-state index contributed by atoms with van der Waals surface area (Å²) in [6.45, 7) is 3.92. The van der Waals surface area contributed by atoms with Gasteiger partial charge in [0.2, 0.25) is 5.89 Å². The minimum atomic E-state index is -0.475. The zero-order valence-corrected chi connectivity index (χ0v) is 13.7. The molecule has 0 radical (unpaired) electrons. The summed E-state index contributed by atoms with van der Waals surface area (Å²) in [6.07, 6.45) is 1.83. The molecule has 1 N–H and O–H groups in total. The lowest BCUT2D eigenvalue weighted by atomic mass is 10.2. The zero-order valence-electron chi connectivity index (χ0n) is 13.7. The fourth-order valence-electron chi connectivity index (χ4n) is 2.34. The minimum Gasteiger partial charge on any atom is -0.454 e. The first-order valence-electron chi connectivity index (χ1n) is 7.90. The van der Waals surface area contributed by atoms with Crippen LogP contribution in [-0.2, 0) is 17.8 Å². The lowest BCUT2D eigenvalue weighted by Gasteiger charge is -1.99. The van der Waals surface area contributed by atoms with E-state index in [1.165, 1.54) is 0 Å². The van der Waals surface area contributed by atoms with Crippen LogP contribution >= 0.6 is 0 Å². The molecule has 0 amide bonds. The number of aryl methyl sites for hydroxylation is 2. The van der Waals surface area contributed by atoms with Gasteiger partial charge >= 0.3 is 5.97 Å². The first-order valence-corrected chi connectivity index (χ1v) is 7.90. The van der Waals surface area contributed by atoms with Gasteiger partial charge in [0.15, 0.2) is 5.69 Å². The third-order valence-electron chi connectivity index (χ3n) is 3.61. The van der Waals surface area contributed by atoms with Crippen LogP contribution in [-0.4, -0.2) is 21.2 Å². The number of H-pyrrole nitrogens is 1. The van der Waals surface area contributed by atoms with Crippen molar-refractivity contribution in [3.05, 3.63) is 59.2 Å². The minimum absolute atomic E-state index is 0.0526. The summed E-state index contributed by atoms with van der Waals surface area (Å²) in [4.78, 5) is 16.5. The summed E-state index contributed by atoms with van der Waals surface area (Å²) in [5.41, 5.74) is 2.69. The number of rotatable bonds is 6. The first kappa shape index (κ1) is 16.0. The topological polar surface area (TPSA) is 81.0 Å². The Hall–Kier alpha value is -2.89. The first-order chi connectivity index (χ1) is 11.7. The molecule has 2 aromatic heterocycles. The Morgan fingerprint density at radius 3 is 2.83 bits per heavy atom. The maximum atomic E-state index is 12.1. The van der Waals surface area contributed by atoms with Gasteiger partial charge < -0.3 is 9.15 Å². The van der Waals surface area contributed by atoms with Crippen molar-refractivity contribution >= 4 is 5.97 Å². The number of aromatic nitrogens is 3. The van der Waals surface area contributed by atoms with Gasteiger partial charge in [-0.05, 0) is 31.5 Å². The molecule has 0 bridgehead atoms. The van der Waals surface area contributed by atoms with Gasteiger partial charge in [0, 0.05) is 11.3 Å².